The fourth-order valence-corrected chi connectivity index (χ4v) is 1.43. The van der Waals surface area contributed by atoms with Crippen LogP contribution in [0.4, 0.5) is 17.6 Å². The Kier molecular flexibility index (Phi) is 3.52. The number of rotatable bonds is 1. The Bertz CT molecular complexity index is 404. The third kappa shape index (κ3) is 3.19. The van der Waals surface area contributed by atoms with Crippen LogP contribution in [-0.4, -0.2) is 5.11 Å². The number of hydrogen-bond donors (Lipinski definition) is 1. The number of halogens is 4. The van der Waals surface area contributed by atoms with Crippen LogP contribution >= 0.6 is 0 Å². The second-order valence-electron chi connectivity index (χ2n) is 5.01. The summed E-state index contributed by atoms with van der Waals surface area (Å²) in [6.07, 6.45) is -5.83. The molecule has 0 bridgehead atoms. The summed E-state index contributed by atoms with van der Waals surface area (Å²) >= 11 is 0. The highest BCUT2D eigenvalue weighted by molar-refractivity contribution is 5.29. The fraction of sp³-hybridized carbons (Fsp3) is 0.500. The van der Waals surface area contributed by atoms with Crippen molar-refractivity contribution < 1.29 is 22.7 Å². The molecule has 1 atom stereocenters. The van der Waals surface area contributed by atoms with Crippen molar-refractivity contribution in [2.24, 2.45) is 5.41 Å². The fourth-order valence-electron chi connectivity index (χ4n) is 1.43. The molecule has 0 heterocycles. The maximum absolute atomic E-state index is 13.0. The molecule has 1 aromatic rings. The normalized spacial score (nSPS) is 14.8. The van der Waals surface area contributed by atoms with E-state index in [4.69, 9.17) is 0 Å². The molecule has 17 heavy (non-hydrogen) atoms. The molecule has 5 heteroatoms. The lowest BCUT2D eigenvalue weighted by Crippen LogP contribution is -2.19. The molecule has 0 fully saturated rings. The Labute approximate surface area is 97.1 Å². The van der Waals surface area contributed by atoms with Crippen LogP contribution in [0.2, 0.25) is 0 Å². The summed E-state index contributed by atoms with van der Waals surface area (Å²) in [5.41, 5.74) is -1.90. The van der Waals surface area contributed by atoms with Gasteiger partial charge >= 0.3 is 6.18 Å². The topological polar surface area (TPSA) is 20.2 Å². The van der Waals surface area contributed by atoms with E-state index in [1.807, 2.05) is 0 Å². The molecule has 0 aliphatic heterocycles. The van der Waals surface area contributed by atoms with Gasteiger partial charge in [-0.25, -0.2) is 4.39 Å². The van der Waals surface area contributed by atoms with Gasteiger partial charge in [-0.1, -0.05) is 26.8 Å². The van der Waals surface area contributed by atoms with Crippen molar-refractivity contribution >= 4 is 0 Å². The highest BCUT2D eigenvalue weighted by Gasteiger charge is 2.35. The van der Waals surface area contributed by atoms with Crippen molar-refractivity contribution in [1.29, 1.82) is 0 Å². The second-order valence-corrected chi connectivity index (χ2v) is 5.01. The first-order valence-corrected chi connectivity index (χ1v) is 5.08. The summed E-state index contributed by atoms with van der Waals surface area (Å²) in [7, 11) is 0. The average molecular weight is 250 g/mol. The largest absolute Gasteiger partial charge is 0.419 e. The van der Waals surface area contributed by atoms with Crippen molar-refractivity contribution in [2.45, 2.75) is 33.1 Å². The van der Waals surface area contributed by atoms with Gasteiger partial charge in [0.1, 0.15) is 5.82 Å². The first-order chi connectivity index (χ1) is 7.53. The molecule has 1 rings (SSSR count). The molecule has 0 saturated carbocycles. The van der Waals surface area contributed by atoms with Crippen molar-refractivity contribution in [3.8, 4) is 0 Å². The van der Waals surface area contributed by atoms with Gasteiger partial charge in [-0.3, -0.25) is 0 Å². The van der Waals surface area contributed by atoms with Crippen LogP contribution in [0.3, 0.4) is 0 Å². The van der Waals surface area contributed by atoms with Gasteiger partial charge in [0.2, 0.25) is 0 Å². The molecule has 0 aliphatic carbocycles. The van der Waals surface area contributed by atoms with Crippen LogP contribution in [0.25, 0.3) is 0 Å². The van der Waals surface area contributed by atoms with Gasteiger partial charge in [-0.05, 0) is 23.1 Å². The Morgan fingerprint density at radius 2 is 1.65 bits per heavy atom. The van der Waals surface area contributed by atoms with Crippen LogP contribution in [0.5, 0.6) is 0 Å². The zero-order valence-corrected chi connectivity index (χ0v) is 9.77. The second kappa shape index (κ2) is 4.29. The molecule has 96 valence electrons. The molecule has 0 aliphatic rings. The van der Waals surface area contributed by atoms with Gasteiger partial charge in [0.25, 0.3) is 0 Å². The predicted octanol–water partition coefficient (Wildman–Crippen LogP) is 3.92. The van der Waals surface area contributed by atoms with Gasteiger partial charge in [-0.15, -0.1) is 0 Å². The molecular formula is C12H14F4O. The van der Waals surface area contributed by atoms with E-state index in [1.54, 1.807) is 20.8 Å². The predicted molar refractivity (Wildman–Crippen MR) is 55.8 cm³/mol. The van der Waals surface area contributed by atoms with Crippen LogP contribution in [-0.2, 0) is 6.18 Å². The van der Waals surface area contributed by atoms with Gasteiger partial charge in [0, 0.05) is 0 Å². The summed E-state index contributed by atoms with van der Waals surface area (Å²) in [5, 5.41) is 9.85. The summed E-state index contributed by atoms with van der Waals surface area (Å²) < 4.78 is 50.4. The lowest BCUT2D eigenvalue weighted by molar-refractivity contribution is -0.140. The van der Waals surface area contributed by atoms with E-state index < -0.39 is 29.1 Å². The van der Waals surface area contributed by atoms with Crippen molar-refractivity contribution in [3.05, 3.63) is 35.1 Å². The van der Waals surface area contributed by atoms with Gasteiger partial charge < -0.3 is 5.11 Å². The maximum Gasteiger partial charge on any atom is 0.419 e. The summed E-state index contributed by atoms with van der Waals surface area (Å²) in [6.45, 7) is 5.07. The molecular weight excluding hydrogens is 236 g/mol. The number of alkyl halides is 3. The van der Waals surface area contributed by atoms with Crippen LogP contribution < -0.4 is 0 Å². The Balaban J connectivity index is 3.23. The van der Waals surface area contributed by atoms with E-state index in [1.165, 1.54) is 6.07 Å². The SMILES string of the molecule is CC(C)(C)C(O)c1ccc(F)c(C(F)(F)F)c1. The first-order valence-electron chi connectivity index (χ1n) is 5.08. The summed E-state index contributed by atoms with van der Waals surface area (Å²) in [5.74, 6) is -1.33. The zero-order chi connectivity index (χ0) is 13.4. The molecule has 0 aromatic heterocycles. The van der Waals surface area contributed by atoms with Gasteiger partial charge in [0.05, 0.1) is 11.7 Å². The van der Waals surface area contributed by atoms with E-state index >= 15 is 0 Å². The third-order valence-electron chi connectivity index (χ3n) is 2.43. The number of hydrogen-bond acceptors (Lipinski definition) is 1. The molecule has 0 saturated heterocycles. The van der Waals surface area contributed by atoms with Gasteiger partial charge in [-0.2, -0.15) is 13.2 Å². The smallest absolute Gasteiger partial charge is 0.388 e. The van der Waals surface area contributed by atoms with Gasteiger partial charge in [0.15, 0.2) is 0 Å². The third-order valence-corrected chi connectivity index (χ3v) is 2.43. The number of benzene rings is 1. The zero-order valence-electron chi connectivity index (χ0n) is 9.77. The van der Waals surface area contributed by atoms with E-state index in [0.717, 1.165) is 6.07 Å². The minimum Gasteiger partial charge on any atom is -0.388 e. The highest BCUT2D eigenvalue weighted by atomic mass is 19.4. The molecule has 1 unspecified atom stereocenters. The van der Waals surface area contributed by atoms with Crippen LogP contribution in [0.15, 0.2) is 18.2 Å². The standard InChI is InChI=1S/C12H14F4O/c1-11(2,3)10(17)7-4-5-9(13)8(6-7)12(14,15)16/h4-6,10,17H,1-3H3. The number of aliphatic hydroxyl groups excluding tert-OH is 1. The lowest BCUT2D eigenvalue weighted by Gasteiger charge is -2.26. The van der Waals surface area contributed by atoms with E-state index in [9.17, 15) is 22.7 Å². The van der Waals surface area contributed by atoms with Crippen molar-refractivity contribution in [3.63, 3.8) is 0 Å². The summed E-state index contributed by atoms with van der Waals surface area (Å²) in [4.78, 5) is 0. The lowest BCUT2D eigenvalue weighted by atomic mass is 9.84. The molecule has 0 amide bonds. The van der Waals surface area contributed by atoms with Crippen molar-refractivity contribution in [2.75, 3.05) is 0 Å². The molecule has 1 N–H and O–H groups in total. The Hall–Kier alpha value is -1.10. The maximum atomic E-state index is 13.0. The van der Waals surface area contributed by atoms with Crippen molar-refractivity contribution in [1.82, 2.24) is 0 Å². The Morgan fingerprint density at radius 1 is 1.12 bits per heavy atom. The van der Waals surface area contributed by atoms with Crippen LogP contribution in [0.1, 0.15) is 38.0 Å². The van der Waals surface area contributed by atoms with E-state index in [-0.39, 0.29) is 5.56 Å². The monoisotopic (exact) mass is 250 g/mol. The average Bonchev–Trinajstić information content (AvgIpc) is 2.14. The minimum atomic E-state index is -4.75. The first kappa shape index (κ1) is 14.0. The van der Waals surface area contributed by atoms with Crippen LogP contribution in [0, 0.1) is 11.2 Å². The quantitative estimate of drug-likeness (QED) is 0.749. The minimum absolute atomic E-state index is 0.0613. The molecule has 1 aromatic carbocycles. The Morgan fingerprint density at radius 3 is 2.06 bits per heavy atom. The van der Waals surface area contributed by atoms with E-state index in [0.29, 0.717) is 6.07 Å². The molecule has 0 spiro atoms. The molecule has 1 nitrogen and oxygen atoms in total. The summed E-state index contributed by atoms with van der Waals surface area (Å²) in [6, 6.07) is 2.55. The number of aliphatic hydroxyl groups is 1. The molecule has 0 radical (unpaired) electrons. The highest BCUT2D eigenvalue weighted by Crippen LogP contribution is 2.37. The van der Waals surface area contributed by atoms with E-state index in [2.05, 4.69) is 0 Å².